The summed E-state index contributed by atoms with van der Waals surface area (Å²) in [6, 6.07) is 3.98. The lowest BCUT2D eigenvalue weighted by molar-refractivity contribution is -0.140. The Kier molecular flexibility index (Phi) is 8.49. The van der Waals surface area contributed by atoms with Crippen LogP contribution in [0.2, 0.25) is 0 Å². The van der Waals surface area contributed by atoms with Crippen LogP contribution in [0.4, 0.5) is 5.00 Å². The average molecular weight is 504 g/mol. The van der Waals surface area contributed by atoms with Crippen molar-refractivity contribution >= 4 is 45.1 Å². The maximum atomic E-state index is 12.5. The largest absolute Gasteiger partial charge is 0.481 e. The number of benzene rings is 1. The third-order valence-electron chi connectivity index (χ3n) is 5.10. The summed E-state index contributed by atoms with van der Waals surface area (Å²) in [7, 11) is 0. The van der Waals surface area contributed by atoms with Crippen molar-refractivity contribution in [1.82, 2.24) is 20.3 Å². The van der Waals surface area contributed by atoms with Crippen LogP contribution in [0.5, 0.6) is 0 Å². The molecule has 0 aliphatic carbocycles. The van der Waals surface area contributed by atoms with Crippen molar-refractivity contribution in [3.63, 3.8) is 0 Å². The normalized spacial score (nSPS) is 11.8. The van der Waals surface area contributed by atoms with Gasteiger partial charge >= 0.3 is 11.9 Å². The Bertz CT molecular complexity index is 1290. The summed E-state index contributed by atoms with van der Waals surface area (Å²) in [5.41, 5.74) is 1.14. The number of hydrogen-bond acceptors (Lipinski definition) is 9. The topological polar surface area (TPSA) is 186 Å². The predicted molar refractivity (Wildman–Crippen MR) is 128 cm³/mol. The van der Waals surface area contributed by atoms with Crippen LogP contribution in [0.25, 0.3) is 10.9 Å². The molecule has 0 spiro atoms. The summed E-state index contributed by atoms with van der Waals surface area (Å²) < 4.78 is 0. The van der Waals surface area contributed by atoms with Crippen LogP contribution in [-0.4, -0.2) is 67.3 Å². The van der Waals surface area contributed by atoms with Crippen LogP contribution in [0.3, 0.4) is 0 Å². The molecule has 3 rings (SSSR count). The number of carboxylic acids is 2. The number of nitrogens with zero attached hydrogens (tertiary/aromatic N) is 3. The SMILES string of the molecule is Cc1nc2ccc(CN(CCCO)c3cnc(C(=O)N[C@@H](CCC(=O)O)C(=O)O)s3)cc2c(=O)[nH]1. The van der Waals surface area contributed by atoms with Gasteiger partial charge in [0.25, 0.3) is 11.5 Å². The van der Waals surface area contributed by atoms with E-state index in [2.05, 4.69) is 20.3 Å². The molecule has 1 atom stereocenters. The Labute approximate surface area is 203 Å². The Balaban J connectivity index is 1.79. The Hall–Kier alpha value is -3.84. The molecule has 0 radical (unpaired) electrons. The molecule has 0 saturated heterocycles. The lowest BCUT2D eigenvalue weighted by Gasteiger charge is -2.22. The smallest absolute Gasteiger partial charge is 0.326 e. The van der Waals surface area contributed by atoms with Gasteiger partial charge in [-0.05, 0) is 37.5 Å². The van der Waals surface area contributed by atoms with E-state index in [0.717, 1.165) is 16.9 Å². The number of carboxylic acid groups (broad SMARTS) is 2. The fraction of sp³-hybridized carbons (Fsp3) is 0.364. The Morgan fingerprint density at radius 2 is 2.03 bits per heavy atom. The maximum absolute atomic E-state index is 12.5. The number of nitrogens with one attached hydrogen (secondary N) is 2. The van der Waals surface area contributed by atoms with Gasteiger partial charge in [0, 0.05) is 26.1 Å². The molecule has 0 bridgehead atoms. The summed E-state index contributed by atoms with van der Waals surface area (Å²) in [5, 5.41) is 30.7. The van der Waals surface area contributed by atoms with E-state index in [1.54, 1.807) is 19.1 Å². The molecular formula is C22H25N5O7S. The minimum absolute atomic E-state index is 0.0187. The molecular weight excluding hydrogens is 478 g/mol. The van der Waals surface area contributed by atoms with E-state index >= 15 is 0 Å². The monoisotopic (exact) mass is 503 g/mol. The van der Waals surface area contributed by atoms with E-state index in [4.69, 9.17) is 5.11 Å². The molecule has 1 aromatic carbocycles. The highest BCUT2D eigenvalue weighted by Gasteiger charge is 2.24. The number of carbonyl (C=O) groups is 3. The van der Waals surface area contributed by atoms with Crippen LogP contribution < -0.4 is 15.8 Å². The molecule has 3 aromatic rings. The third-order valence-corrected chi connectivity index (χ3v) is 6.15. The van der Waals surface area contributed by atoms with Crippen LogP contribution in [0.1, 0.15) is 40.5 Å². The first kappa shape index (κ1) is 25.8. The molecule has 2 aromatic heterocycles. The number of aliphatic hydroxyl groups excluding tert-OH is 1. The highest BCUT2D eigenvalue weighted by molar-refractivity contribution is 7.17. The van der Waals surface area contributed by atoms with Gasteiger partial charge in [-0.3, -0.25) is 14.4 Å². The fourth-order valence-electron chi connectivity index (χ4n) is 3.41. The lowest BCUT2D eigenvalue weighted by Crippen LogP contribution is -2.41. The van der Waals surface area contributed by atoms with Gasteiger partial charge in [0.15, 0.2) is 5.01 Å². The van der Waals surface area contributed by atoms with E-state index in [1.165, 1.54) is 6.20 Å². The minimum Gasteiger partial charge on any atom is -0.481 e. The van der Waals surface area contributed by atoms with Crippen molar-refractivity contribution in [1.29, 1.82) is 0 Å². The van der Waals surface area contributed by atoms with Crippen molar-refractivity contribution in [2.45, 2.75) is 38.8 Å². The van der Waals surface area contributed by atoms with Crippen molar-refractivity contribution in [3.8, 4) is 0 Å². The zero-order chi connectivity index (χ0) is 25.5. The number of anilines is 1. The van der Waals surface area contributed by atoms with Gasteiger partial charge in [-0.2, -0.15) is 0 Å². The number of rotatable bonds is 12. The third kappa shape index (κ3) is 6.83. The zero-order valence-electron chi connectivity index (χ0n) is 18.9. The molecule has 0 aliphatic rings. The highest BCUT2D eigenvalue weighted by atomic mass is 32.1. The van der Waals surface area contributed by atoms with Gasteiger partial charge in [-0.15, -0.1) is 0 Å². The molecule has 0 saturated carbocycles. The van der Waals surface area contributed by atoms with Gasteiger partial charge in [0.2, 0.25) is 0 Å². The quantitative estimate of drug-likeness (QED) is 0.240. The van der Waals surface area contributed by atoms with E-state index in [1.807, 2.05) is 11.0 Å². The molecule has 186 valence electrons. The number of thiazole rings is 1. The number of carbonyl (C=O) groups excluding carboxylic acids is 1. The second kappa shape index (κ2) is 11.5. The first-order chi connectivity index (χ1) is 16.7. The predicted octanol–water partition coefficient (Wildman–Crippen LogP) is 1.12. The molecule has 13 heteroatoms. The van der Waals surface area contributed by atoms with Gasteiger partial charge in [-0.25, -0.2) is 14.8 Å². The van der Waals surface area contributed by atoms with E-state index < -0.39 is 30.3 Å². The number of aromatic amines is 1. The Morgan fingerprint density at radius 3 is 2.71 bits per heavy atom. The second-order valence-electron chi connectivity index (χ2n) is 7.80. The van der Waals surface area contributed by atoms with Crippen LogP contribution >= 0.6 is 11.3 Å². The summed E-state index contributed by atoms with van der Waals surface area (Å²) >= 11 is 1.04. The van der Waals surface area contributed by atoms with Crippen molar-refractivity contribution < 1.29 is 29.7 Å². The summed E-state index contributed by atoms with van der Waals surface area (Å²) in [4.78, 5) is 59.9. The first-order valence-electron chi connectivity index (χ1n) is 10.7. The zero-order valence-corrected chi connectivity index (χ0v) is 19.7. The van der Waals surface area contributed by atoms with Gasteiger partial charge < -0.3 is 30.5 Å². The van der Waals surface area contributed by atoms with E-state index in [-0.39, 0.29) is 23.6 Å². The molecule has 1 amide bonds. The van der Waals surface area contributed by atoms with E-state index in [0.29, 0.717) is 41.2 Å². The number of aliphatic carboxylic acids is 2. The van der Waals surface area contributed by atoms with Gasteiger partial charge in [0.1, 0.15) is 16.9 Å². The number of amides is 1. The molecule has 0 fully saturated rings. The summed E-state index contributed by atoms with van der Waals surface area (Å²) in [6.07, 6.45) is 1.26. The first-order valence-corrected chi connectivity index (χ1v) is 11.6. The van der Waals surface area contributed by atoms with E-state index in [9.17, 15) is 29.4 Å². The molecule has 12 nitrogen and oxygen atoms in total. The highest BCUT2D eigenvalue weighted by Crippen LogP contribution is 2.26. The number of fused-ring (bicyclic) bond motifs is 1. The van der Waals surface area contributed by atoms with Crippen LogP contribution in [0.15, 0.2) is 29.2 Å². The second-order valence-corrected chi connectivity index (χ2v) is 8.81. The average Bonchev–Trinajstić information content (AvgIpc) is 3.29. The van der Waals surface area contributed by atoms with Crippen molar-refractivity contribution in [2.75, 3.05) is 18.1 Å². The summed E-state index contributed by atoms with van der Waals surface area (Å²) in [6.45, 7) is 2.46. The number of aromatic nitrogens is 3. The van der Waals surface area contributed by atoms with Crippen LogP contribution in [0, 0.1) is 6.92 Å². The Morgan fingerprint density at radius 1 is 1.26 bits per heavy atom. The van der Waals surface area contributed by atoms with Crippen molar-refractivity contribution in [2.24, 2.45) is 0 Å². The van der Waals surface area contributed by atoms with Gasteiger partial charge in [0.05, 0.1) is 17.1 Å². The van der Waals surface area contributed by atoms with Gasteiger partial charge in [-0.1, -0.05) is 17.4 Å². The number of hydrogen-bond donors (Lipinski definition) is 5. The lowest BCUT2D eigenvalue weighted by atomic mass is 10.1. The van der Waals surface area contributed by atoms with Crippen molar-refractivity contribution in [3.05, 3.63) is 51.1 Å². The van der Waals surface area contributed by atoms with Crippen LogP contribution in [-0.2, 0) is 16.1 Å². The molecule has 5 N–H and O–H groups in total. The molecule has 0 aliphatic heterocycles. The molecule has 35 heavy (non-hydrogen) atoms. The fourth-order valence-corrected chi connectivity index (χ4v) is 4.26. The number of aliphatic hydroxyl groups is 1. The molecule has 2 heterocycles. The standard InChI is InChI=1S/C22H25N5O7S/c1-12-24-15-4-3-13(9-14(15)19(31)25-12)11-27(7-2-8-28)17-10-23-21(35-17)20(32)26-16(22(33)34)5-6-18(29)30/h3-4,9-10,16,28H,2,5-8,11H2,1H3,(H,26,32)(H,29,30)(H,33,34)(H,24,25,31)/t16-/m0/s1. The number of aryl methyl sites for hydroxylation is 1. The summed E-state index contributed by atoms with van der Waals surface area (Å²) in [5.74, 6) is -2.71. The molecule has 0 unspecified atom stereocenters. The maximum Gasteiger partial charge on any atom is 0.326 e. The number of H-pyrrole nitrogens is 1. The minimum atomic E-state index is -1.36.